The first kappa shape index (κ1) is 22.0. The summed E-state index contributed by atoms with van der Waals surface area (Å²) in [6.07, 6.45) is 3.01. The van der Waals surface area contributed by atoms with Gasteiger partial charge in [-0.05, 0) is 43.2 Å². The van der Waals surface area contributed by atoms with Gasteiger partial charge in [-0.3, -0.25) is 4.79 Å². The van der Waals surface area contributed by atoms with Crippen LogP contribution in [0.15, 0.2) is 47.5 Å². The van der Waals surface area contributed by atoms with Crippen molar-refractivity contribution in [3.63, 3.8) is 0 Å². The van der Waals surface area contributed by atoms with E-state index in [2.05, 4.69) is 10.3 Å². The van der Waals surface area contributed by atoms with E-state index in [1.165, 1.54) is 23.5 Å². The third-order valence-electron chi connectivity index (χ3n) is 5.20. The molecule has 2 heterocycles. The van der Waals surface area contributed by atoms with Crippen molar-refractivity contribution in [2.45, 2.75) is 24.3 Å². The SMILES string of the molecule is COc1ccc(S(=O)(=O)N2CCCC(C(=O)NCc3cccnc3N(C)C)C2)cc1. The Morgan fingerprint density at radius 1 is 1.27 bits per heavy atom. The van der Waals surface area contributed by atoms with Crippen molar-refractivity contribution >= 4 is 21.7 Å². The molecule has 0 radical (unpaired) electrons. The summed E-state index contributed by atoms with van der Waals surface area (Å²) in [5.74, 6) is 0.868. The number of pyridine rings is 1. The summed E-state index contributed by atoms with van der Waals surface area (Å²) in [6.45, 7) is 0.932. The zero-order valence-electron chi connectivity index (χ0n) is 17.5. The Labute approximate surface area is 177 Å². The number of carbonyl (C=O) groups excluding carboxylic acids is 1. The summed E-state index contributed by atoms with van der Waals surface area (Å²) < 4.78 is 32.5. The Hall–Kier alpha value is -2.65. The minimum Gasteiger partial charge on any atom is -0.497 e. The van der Waals surface area contributed by atoms with E-state index < -0.39 is 10.0 Å². The average Bonchev–Trinajstić information content (AvgIpc) is 2.77. The van der Waals surface area contributed by atoms with E-state index in [1.54, 1.807) is 18.3 Å². The quantitative estimate of drug-likeness (QED) is 0.718. The topological polar surface area (TPSA) is 91.8 Å². The number of benzene rings is 1. The lowest BCUT2D eigenvalue weighted by Crippen LogP contribution is -2.45. The Balaban J connectivity index is 1.66. The molecule has 0 saturated carbocycles. The second-order valence-corrected chi connectivity index (χ2v) is 9.41. The van der Waals surface area contributed by atoms with Gasteiger partial charge in [0.05, 0.1) is 17.9 Å². The van der Waals surface area contributed by atoms with Gasteiger partial charge in [-0.1, -0.05) is 6.07 Å². The van der Waals surface area contributed by atoms with Crippen LogP contribution in [0.2, 0.25) is 0 Å². The average molecular weight is 433 g/mol. The summed E-state index contributed by atoms with van der Waals surface area (Å²) >= 11 is 0. The van der Waals surface area contributed by atoms with Crippen LogP contribution in [0.3, 0.4) is 0 Å². The van der Waals surface area contributed by atoms with Crippen LogP contribution < -0.4 is 15.0 Å². The number of sulfonamides is 1. The third kappa shape index (κ3) is 4.91. The van der Waals surface area contributed by atoms with Crippen LogP contribution in [0.25, 0.3) is 0 Å². The van der Waals surface area contributed by atoms with Gasteiger partial charge in [0.15, 0.2) is 0 Å². The van der Waals surface area contributed by atoms with Crippen LogP contribution in [-0.4, -0.2) is 57.9 Å². The molecule has 30 heavy (non-hydrogen) atoms. The number of amides is 1. The molecule has 1 amide bonds. The molecule has 1 saturated heterocycles. The van der Waals surface area contributed by atoms with E-state index in [-0.39, 0.29) is 23.3 Å². The number of nitrogens with one attached hydrogen (secondary N) is 1. The number of methoxy groups -OCH3 is 1. The van der Waals surface area contributed by atoms with Crippen molar-refractivity contribution in [3.05, 3.63) is 48.2 Å². The first-order chi connectivity index (χ1) is 14.3. The molecule has 9 heteroatoms. The molecule has 1 fully saturated rings. The summed E-state index contributed by atoms with van der Waals surface area (Å²) in [6, 6.07) is 10.1. The Kier molecular flexibility index (Phi) is 6.94. The number of hydrogen-bond donors (Lipinski definition) is 1. The van der Waals surface area contributed by atoms with Gasteiger partial charge in [-0.2, -0.15) is 4.31 Å². The van der Waals surface area contributed by atoms with Crippen molar-refractivity contribution < 1.29 is 17.9 Å². The molecule has 8 nitrogen and oxygen atoms in total. The molecule has 1 N–H and O–H groups in total. The molecule has 1 aliphatic rings. The van der Waals surface area contributed by atoms with Crippen LogP contribution in [0, 0.1) is 5.92 Å². The highest BCUT2D eigenvalue weighted by Crippen LogP contribution is 2.25. The van der Waals surface area contributed by atoms with Gasteiger partial charge in [0.1, 0.15) is 11.6 Å². The minimum atomic E-state index is -3.66. The van der Waals surface area contributed by atoms with Gasteiger partial charge in [0, 0.05) is 45.5 Å². The maximum Gasteiger partial charge on any atom is 0.243 e. The standard InChI is InChI=1S/C21H28N4O4S/c1-24(2)20-16(6-4-12-22-20)14-23-21(26)17-7-5-13-25(15-17)30(27,28)19-10-8-18(29-3)9-11-19/h4,6,8-12,17H,5,7,13-15H2,1-3H3,(H,23,26). The van der Waals surface area contributed by atoms with E-state index in [0.29, 0.717) is 31.7 Å². The normalized spacial score (nSPS) is 17.4. The number of rotatable bonds is 7. The lowest BCUT2D eigenvalue weighted by Gasteiger charge is -2.31. The molecule has 0 bridgehead atoms. The van der Waals surface area contributed by atoms with Crippen LogP contribution in [0.5, 0.6) is 5.75 Å². The number of aromatic nitrogens is 1. The molecular formula is C21H28N4O4S. The van der Waals surface area contributed by atoms with Gasteiger partial charge >= 0.3 is 0 Å². The number of nitrogens with zero attached hydrogens (tertiary/aromatic N) is 3. The summed E-state index contributed by atoms with van der Waals surface area (Å²) in [7, 11) is 1.67. The van der Waals surface area contributed by atoms with Gasteiger partial charge in [0.25, 0.3) is 0 Å². The number of ether oxygens (including phenoxy) is 1. The van der Waals surface area contributed by atoms with Gasteiger partial charge in [-0.25, -0.2) is 13.4 Å². The van der Waals surface area contributed by atoms with Crippen molar-refractivity contribution in [3.8, 4) is 5.75 Å². The van der Waals surface area contributed by atoms with Crippen LogP contribution in [-0.2, 0) is 21.4 Å². The zero-order valence-corrected chi connectivity index (χ0v) is 18.4. The van der Waals surface area contributed by atoms with Crippen LogP contribution >= 0.6 is 0 Å². The predicted octanol–water partition coefficient (Wildman–Crippen LogP) is 1.87. The molecule has 1 unspecified atom stereocenters. The van der Waals surface area contributed by atoms with E-state index >= 15 is 0 Å². The van der Waals surface area contributed by atoms with Crippen molar-refractivity contribution in [1.82, 2.24) is 14.6 Å². The first-order valence-corrected chi connectivity index (χ1v) is 11.3. The Bertz CT molecular complexity index is 977. The van der Waals surface area contributed by atoms with Gasteiger partial charge in [0.2, 0.25) is 15.9 Å². The fraction of sp³-hybridized carbons (Fsp3) is 0.429. The highest BCUT2D eigenvalue weighted by molar-refractivity contribution is 7.89. The van der Waals surface area contributed by atoms with E-state index in [4.69, 9.17) is 4.74 Å². The molecule has 1 aliphatic heterocycles. The summed E-state index contributed by atoms with van der Waals surface area (Å²) in [5.41, 5.74) is 0.911. The molecule has 162 valence electrons. The monoisotopic (exact) mass is 432 g/mol. The maximum atomic E-state index is 13.0. The fourth-order valence-corrected chi connectivity index (χ4v) is 5.09. The first-order valence-electron chi connectivity index (χ1n) is 9.86. The highest BCUT2D eigenvalue weighted by Gasteiger charge is 2.33. The fourth-order valence-electron chi connectivity index (χ4n) is 3.57. The summed E-state index contributed by atoms with van der Waals surface area (Å²) in [4.78, 5) is 19.2. The van der Waals surface area contributed by atoms with Gasteiger partial charge < -0.3 is 15.0 Å². The summed E-state index contributed by atoms with van der Waals surface area (Å²) in [5, 5.41) is 2.95. The maximum absolute atomic E-state index is 13.0. The second kappa shape index (κ2) is 9.44. The van der Waals surface area contributed by atoms with Crippen LogP contribution in [0.1, 0.15) is 18.4 Å². The number of piperidine rings is 1. The minimum absolute atomic E-state index is 0.141. The van der Waals surface area contributed by atoms with Gasteiger partial charge in [-0.15, -0.1) is 0 Å². The Morgan fingerprint density at radius 3 is 2.67 bits per heavy atom. The molecule has 1 atom stereocenters. The van der Waals surface area contributed by atoms with E-state index in [9.17, 15) is 13.2 Å². The highest BCUT2D eigenvalue weighted by atomic mass is 32.2. The van der Waals surface area contributed by atoms with E-state index in [0.717, 1.165) is 11.4 Å². The number of hydrogen-bond acceptors (Lipinski definition) is 6. The Morgan fingerprint density at radius 2 is 2.00 bits per heavy atom. The number of carbonyl (C=O) groups is 1. The lowest BCUT2D eigenvalue weighted by atomic mass is 9.99. The van der Waals surface area contributed by atoms with Crippen LogP contribution in [0.4, 0.5) is 5.82 Å². The third-order valence-corrected chi connectivity index (χ3v) is 7.08. The molecule has 1 aromatic heterocycles. The second-order valence-electron chi connectivity index (χ2n) is 7.48. The largest absolute Gasteiger partial charge is 0.497 e. The smallest absolute Gasteiger partial charge is 0.243 e. The molecule has 3 rings (SSSR count). The molecular weight excluding hydrogens is 404 g/mol. The lowest BCUT2D eigenvalue weighted by molar-refractivity contribution is -0.126. The zero-order chi connectivity index (χ0) is 21.7. The molecule has 0 spiro atoms. The van der Waals surface area contributed by atoms with E-state index in [1.807, 2.05) is 31.1 Å². The molecule has 1 aromatic carbocycles. The predicted molar refractivity (Wildman–Crippen MR) is 115 cm³/mol. The molecule has 0 aliphatic carbocycles. The molecule has 2 aromatic rings. The number of anilines is 1. The van der Waals surface area contributed by atoms with Crippen molar-refractivity contribution in [2.75, 3.05) is 39.2 Å². The van der Waals surface area contributed by atoms with Crippen molar-refractivity contribution in [1.29, 1.82) is 0 Å². The van der Waals surface area contributed by atoms with Crippen molar-refractivity contribution in [2.24, 2.45) is 5.92 Å².